The predicted molar refractivity (Wildman–Crippen MR) is 91.9 cm³/mol. The molecule has 1 heterocycles. The van der Waals surface area contributed by atoms with Gasteiger partial charge in [-0.1, -0.05) is 13.8 Å². The van der Waals surface area contributed by atoms with Gasteiger partial charge in [-0.2, -0.15) is 4.31 Å². The molecule has 0 saturated carbocycles. The normalized spacial score (nSPS) is 15.6. The zero-order valence-corrected chi connectivity index (χ0v) is 15.2. The summed E-state index contributed by atoms with van der Waals surface area (Å²) < 4.78 is 32.0. The smallest absolute Gasteiger partial charge is 0.257 e. The number of nitrogens with zero attached hydrogens (tertiary/aromatic N) is 2. The summed E-state index contributed by atoms with van der Waals surface area (Å²) in [6.07, 6.45) is 0. The topological polar surface area (TPSA) is 79.0 Å². The zero-order chi connectivity index (χ0) is 17.7. The van der Waals surface area contributed by atoms with Crippen LogP contribution in [-0.4, -0.2) is 69.9 Å². The van der Waals surface area contributed by atoms with Crippen LogP contribution in [0.3, 0.4) is 0 Å². The number of sulfonamides is 1. The van der Waals surface area contributed by atoms with Gasteiger partial charge in [-0.3, -0.25) is 4.79 Å². The van der Waals surface area contributed by atoms with E-state index >= 15 is 0 Å². The van der Waals surface area contributed by atoms with Gasteiger partial charge in [-0.05, 0) is 18.2 Å². The first-order valence-electron chi connectivity index (χ1n) is 8.13. The Labute approximate surface area is 143 Å². The molecule has 0 atom stereocenters. The van der Waals surface area contributed by atoms with E-state index in [0.29, 0.717) is 31.9 Å². The first-order valence-corrected chi connectivity index (χ1v) is 9.57. The maximum Gasteiger partial charge on any atom is 0.257 e. The fourth-order valence-electron chi connectivity index (χ4n) is 2.77. The van der Waals surface area contributed by atoms with Gasteiger partial charge >= 0.3 is 0 Å². The Bertz CT molecular complexity index is 681. The molecule has 7 nitrogen and oxygen atoms in total. The van der Waals surface area contributed by atoms with Crippen LogP contribution in [0, 0.1) is 0 Å². The average molecular weight is 355 g/mol. The molecule has 1 aliphatic rings. The molecule has 2 rings (SSSR count). The Kier molecular flexibility index (Phi) is 6.20. The van der Waals surface area contributed by atoms with Crippen LogP contribution in [0.4, 0.5) is 0 Å². The molecular formula is C16H25N3O4S. The number of carbonyl (C=O) groups excluding carboxylic acids is 1. The van der Waals surface area contributed by atoms with Crippen molar-refractivity contribution in [1.29, 1.82) is 0 Å². The molecule has 1 saturated heterocycles. The monoisotopic (exact) mass is 355 g/mol. The molecule has 8 heteroatoms. The molecule has 24 heavy (non-hydrogen) atoms. The average Bonchev–Trinajstić information content (AvgIpc) is 2.62. The van der Waals surface area contributed by atoms with Crippen LogP contribution in [0.25, 0.3) is 0 Å². The Morgan fingerprint density at radius 3 is 2.42 bits per heavy atom. The van der Waals surface area contributed by atoms with Crippen molar-refractivity contribution in [1.82, 2.24) is 14.5 Å². The highest BCUT2D eigenvalue weighted by atomic mass is 32.2. The highest BCUT2D eigenvalue weighted by Gasteiger charge is 2.26. The summed E-state index contributed by atoms with van der Waals surface area (Å²) in [5, 5.41) is 3.19. The SMILES string of the molecule is CCN(CC)S(=O)(=O)c1ccc(OC)c(C(=O)N2CCNCC2)c1. The third-order valence-corrected chi connectivity index (χ3v) is 6.19. The minimum Gasteiger partial charge on any atom is -0.496 e. The van der Waals surface area contributed by atoms with E-state index in [9.17, 15) is 13.2 Å². The number of nitrogens with one attached hydrogen (secondary N) is 1. The highest BCUT2D eigenvalue weighted by Crippen LogP contribution is 2.26. The van der Waals surface area contributed by atoms with E-state index < -0.39 is 10.0 Å². The minimum absolute atomic E-state index is 0.116. The first kappa shape index (κ1) is 18.7. The number of carbonyl (C=O) groups is 1. The number of ether oxygens (including phenoxy) is 1. The van der Waals surface area contributed by atoms with Gasteiger partial charge in [-0.15, -0.1) is 0 Å². The Morgan fingerprint density at radius 1 is 1.25 bits per heavy atom. The molecule has 1 aromatic carbocycles. The summed E-state index contributed by atoms with van der Waals surface area (Å²) in [6, 6.07) is 4.46. The first-order chi connectivity index (χ1) is 11.5. The van der Waals surface area contributed by atoms with Gasteiger partial charge in [-0.25, -0.2) is 8.42 Å². The number of benzene rings is 1. The van der Waals surface area contributed by atoms with Crippen LogP contribution in [0.5, 0.6) is 5.75 Å². The Morgan fingerprint density at radius 2 is 1.88 bits per heavy atom. The molecule has 0 aliphatic carbocycles. The lowest BCUT2D eigenvalue weighted by molar-refractivity contribution is 0.0732. The third kappa shape index (κ3) is 3.71. The molecule has 1 aromatic rings. The van der Waals surface area contributed by atoms with Crippen LogP contribution in [-0.2, 0) is 10.0 Å². The van der Waals surface area contributed by atoms with Gasteiger partial charge < -0.3 is 15.0 Å². The van der Waals surface area contributed by atoms with Crippen LogP contribution < -0.4 is 10.1 Å². The Hall–Kier alpha value is -1.64. The standard InChI is InChI=1S/C16H25N3O4S/c1-4-19(5-2)24(21,22)13-6-7-15(23-3)14(12-13)16(20)18-10-8-17-9-11-18/h6-7,12,17H,4-5,8-11H2,1-3H3. The van der Waals surface area contributed by atoms with Crippen molar-refractivity contribution in [2.24, 2.45) is 0 Å². The summed E-state index contributed by atoms with van der Waals surface area (Å²) >= 11 is 0. The molecule has 0 bridgehead atoms. The second-order valence-electron chi connectivity index (χ2n) is 5.49. The van der Waals surface area contributed by atoms with Gasteiger partial charge in [0, 0.05) is 39.3 Å². The summed E-state index contributed by atoms with van der Waals surface area (Å²) in [5.74, 6) is 0.182. The van der Waals surface area contributed by atoms with Crippen LogP contribution in [0.15, 0.2) is 23.1 Å². The molecule has 1 N–H and O–H groups in total. The lowest BCUT2D eigenvalue weighted by Crippen LogP contribution is -2.46. The quantitative estimate of drug-likeness (QED) is 0.815. The van der Waals surface area contributed by atoms with E-state index in [-0.39, 0.29) is 16.4 Å². The molecule has 1 aliphatic heterocycles. The fourth-order valence-corrected chi connectivity index (χ4v) is 4.25. The Balaban J connectivity index is 2.42. The van der Waals surface area contributed by atoms with Gasteiger partial charge in [0.2, 0.25) is 10.0 Å². The lowest BCUT2D eigenvalue weighted by Gasteiger charge is -2.28. The van der Waals surface area contributed by atoms with E-state index in [1.807, 2.05) is 0 Å². The minimum atomic E-state index is -3.62. The van der Waals surface area contributed by atoms with Crippen molar-refractivity contribution in [3.63, 3.8) is 0 Å². The maximum atomic E-state index is 12.8. The van der Waals surface area contributed by atoms with Crippen LogP contribution in [0.1, 0.15) is 24.2 Å². The third-order valence-electron chi connectivity index (χ3n) is 4.15. The number of amides is 1. The van der Waals surface area contributed by atoms with Crippen molar-refractivity contribution < 1.29 is 17.9 Å². The van der Waals surface area contributed by atoms with Crippen molar-refractivity contribution in [3.05, 3.63) is 23.8 Å². The van der Waals surface area contributed by atoms with Crippen LogP contribution >= 0.6 is 0 Å². The van der Waals surface area contributed by atoms with Crippen molar-refractivity contribution >= 4 is 15.9 Å². The molecule has 0 aromatic heterocycles. The molecule has 134 valence electrons. The number of hydrogen-bond acceptors (Lipinski definition) is 5. The second kappa shape index (κ2) is 7.96. The number of hydrogen-bond donors (Lipinski definition) is 1. The van der Waals surface area contributed by atoms with E-state index in [0.717, 1.165) is 13.1 Å². The van der Waals surface area contributed by atoms with Gasteiger partial charge in [0.25, 0.3) is 5.91 Å². The zero-order valence-electron chi connectivity index (χ0n) is 14.4. The number of piperazine rings is 1. The summed E-state index contributed by atoms with van der Waals surface area (Å²) in [7, 11) is -2.14. The van der Waals surface area contributed by atoms with Crippen molar-refractivity contribution in [2.75, 3.05) is 46.4 Å². The van der Waals surface area contributed by atoms with Gasteiger partial charge in [0.1, 0.15) is 5.75 Å². The van der Waals surface area contributed by atoms with E-state index in [1.54, 1.807) is 24.8 Å². The maximum absolute atomic E-state index is 12.8. The molecule has 1 amide bonds. The van der Waals surface area contributed by atoms with E-state index in [4.69, 9.17) is 4.74 Å². The fraction of sp³-hybridized carbons (Fsp3) is 0.562. The molecule has 0 unspecified atom stereocenters. The number of rotatable bonds is 6. The molecule has 0 radical (unpaired) electrons. The summed E-state index contributed by atoms with van der Waals surface area (Å²) in [4.78, 5) is 14.6. The number of methoxy groups -OCH3 is 1. The summed E-state index contributed by atoms with van der Waals surface area (Å²) in [5.41, 5.74) is 0.285. The predicted octanol–water partition coefficient (Wildman–Crippen LogP) is 0.771. The molecular weight excluding hydrogens is 330 g/mol. The van der Waals surface area contributed by atoms with Gasteiger partial charge in [0.05, 0.1) is 17.6 Å². The molecule has 0 spiro atoms. The molecule has 1 fully saturated rings. The largest absolute Gasteiger partial charge is 0.496 e. The van der Waals surface area contributed by atoms with Gasteiger partial charge in [0.15, 0.2) is 0 Å². The lowest BCUT2D eigenvalue weighted by atomic mass is 10.1. The van der Waals surface area contributed by atoms with Crippen molar-refractivity contribution in [3.8, 4) is 5.75 Å². The van der Waals surface area contributed by atoms with Crippen molar-refractivity contribution in [2.45, 2.75) is 18.7 Å². The highest BCUT2D eigenvalue weighted by molar-refractivity contribution is 7.89. The van der Waals surface area contributed by atoms with E-state index in [1.165, 1.54) is 23.5 Å². The van der Waals surface area contributed by atoms with Crippen LogP contribution in [0.2, 0.25) is 0 Å². The van der Waals surface area contributed by atoms with E-state index in [2.05, 4.69) is 5.32 Å². The second-order valence-corrected chi connectivity index (χ2v) is 7.43. The summed E-state index contributed by atoms with van der Waals surface area (Å²) in [6.45, 7) is 6.98.